The maximum atomic E-state index is 6.14. The molecule has 0 spiro atoms. The van der Waals surface area contributed by atoms with Crippen molar-refractivity contribution in [3.8, 4) is 0 Å². The number of aryl methyl sites for hydroxylation is 2. The topological polar surface area (TPSA) is 29.9 Å². The molecule has 1 aromatic carbocycles. The fourth-order valence-corrected chi connectivity index (χ4v) is 2.68. The van der Waals surface area contributed by atoms with Crippen molar-refractivity contribution in [2.45, 2.75) is 26.3 Å². The van der Waals surface area contributed by atoms with Gasteiger partial charge in [0.05, 0.1) is 21.8 Å². The second-order valence-corrected chi connectivity index (χ2v) is 5.54. The third-order valence-corrected chi connectivity index (χ3v) is 4.01. The number of rotatable bonds is 5. The van der Waals surface area contributed by atoms with E-state index in [-0.39, 0.29) is 6.04 Å². The first-order chi connectivity index (χ1) is 9.56. The van der Waals surface area contributed by atoms with Crippen LogP contribution in [-0.4, -0.2) is 16.3 Å². The molecule has 0 fully saturated rings. The second-order valence-electron chi connectivity index (χ2n) is 4.72. The predicted molar refractivity (Wildman–Crippen MR) is 84.6 cm³/mol. The van der Waals surface area contributed by atoms with Crippen molar-refractivity contribution in [3.05, 3.63) is 51.3 Å². The number of aromatic nitrogens is 2. The Morgan fingerprint density at radius 3 is 2.60 bits per heavy atom. The Kier molecular flexibility index (Phi) is 5.08. The average Bonchev–Trinajstić information content (AvgIpc) is 2.80. The minimum absolute atomic E-state index is 0.0819. The normalized spacial score (nSPS) is 12.7. The van der Waals surface area contributed by atoms with Crippen LogP contribution >= 0.6 is 23.2 Å². The predicted octanol–water partition coefficient (Wildman–Crippen LogP) is 3.99. The van der Waals surface area contributed by atoms with Crippen LogP contribution in [0.2, 0.25) is 10.0 Å². The van der Waals surface area contributed by atoms with Crippen LogP contribution in [0.25, 0.3) is 0 Å². The van der Waals surface area contributed by atoms with E-state index in [0.717, 1.165) is 24.2 Å². The molecule has 5 heteroatoms. The molecule has 0 aliphatic carbocycles. The first kappa shape index (κ1) is 15.4. The van der Waals surface area contributed by atoms with Gasteiger partial charge >= 0.3 is 0 Å². The van der Waals surface area contributed by atoms with Crippen LogP contribution < -0.4 is 5.32 Å². The van der Waals surface area contributed by atoms with Crippen LogP contribution in [0.5, 0.6) is 0 Å². The van der Waals surface area contributed by atoms with Crippen molar-refractivity contribution in [2.24, 2.45) is 7.05 Å². The Morgan fingerprint density at radius 2 is 2.00 bits per heavy atom. The average molecular weight is 312 g/mol. The summed E-state index contributed by atoms with van der Waals surface area (Å²) < 4.78 is 1.86. The lowest BCUT2D eigenvalue weighted by Gasteiger charge is -2.19. The molecule has 0 aliphatic heterocycles. The lowest BCUT2D eigenvalue weighted by atomic mass is 9.98. The molecule has 2 rings (SSSR count). The highest BCUT2D eigenvalue weighted by Crippen LogP contribution is 2.30. The van der Waals surface area contributed by atoms with E-state index in [2.05, 4.69) is 30.5 Å². The summed E-state index contributed by atoms with van der Waals surface area (Å²) in [5.74, 6) is 0. The maximum Gasteiger partial charge on any atom is 0.0673 e. The van der Waals surface area contributed by atoms with E-state index < -0.39 is 0 Å². The highest BCUT2D eigenvalue weighted by atomic mass is 35.5. The van der Waals surface area contributed by atoms with Crippen molar-refractivity contribution in [3.63, 3.8) is 0 Å². The van der Waals surface area contributed by atoms with Crippen LogP contribution in [-0.2, 0) is 13.5 Å². The SMILES string of the molecule is CCNC(c1ccc(Cl)c(Cl)c1)c1cn(C)nc1CC. The summed E-state index contributed by atoms with van der Waals surface area (Å²) in [5.41, 5.74) is 3.39. The van der Waals surface area contributed by atoms with Gasteiger partial charge in [0.25, 0.3) is 0 Å². The Morgan fingerprint density at radius 1 is 1.25 bits per heavy atom. The van der Waals surface area contributed by atoms with Gasteiger partial charge in [-0.2, -0.15) is 5.10 Å². The van der Waals surface area contributed by atoms with Crippen molar-refractivity contribution >= 4 is 23.2 Å². The van der Waals surface area contributed by atoms with Crippen LogP contribution in [0.1, 0.15) is 36.7 Å². The molecule has 0 radical (unpaired) electrons. The lowest BCUT2D eigenvalue weighted by Crippen LogP contribution is -2.22. The Hall–Kier alpha value is -1.03. The largest absolute Gasteiger partial charge is 0.306 e. The second kappa shape index (κ2) is 6.61. The molecule has 0 amide bonds. The summed E-state index contributed by atoms with van der Waals surface area (Å²) in [5, 5.41) is 9.16. The smallest absolute Gasteiger partial charge is 0.0673 e. The fourth-order valence-electron chi connectivity index (χ4n) is 2.37. The Bertz CT molecular complexity index is 593. The first-order valence-electron chi connectivity index (χ1n) is 6.77. The van der Waals surface area contributed by atoms with Gasteiger partial charge in [-0.15, -0.1) is 0 Å². The van der Waals surface area contributed by atoms with Crippen LogP contribution in [0.3, 0.4) is 0 Å². The summed E-state index contributed by atoms with van der Waals surface area (Å²) in [7, 11) is 1.94. The zero-order valence-electron chi connectivity index (χ0n) is 12.0. The van der Waals surface area contributed by atoms with Gasteiger partial charge < -0.3 is 5.32 Å². The Labute approximate surface area is 129 Å². The molecular weight excluding hydrogens is 293 g/mol. The third-order valence-electron chi connectivity index (χ3n) is 3.27. The molecule has 0 aliphatic rings. The van der Waals surface area contributed by atoms with Crippen molar-refractivity contribution in [1.29, 1.82) is 0 Å². The molecule has 20 heavy (non-hydrogen) atoms. The highest BCUT2D eigenvalue weighted by molar-refractivity contribution is 6.42. The van der Waals surface area contributed by atoms with E-state index in [1.165, 1.54) is 5.56 Å². The minimum atomic E-state index is 0.0819. The van der Waals surface area contributed by atoms with E-state index in [4.69, 9.17) is 23.2 Å². The third kappa shape index (κ3) is 3.17. The Balaban J connectivity index is 2.46. The molecular formula is C15H19Cl2N3. The van der Waals surface area contributed by atoms with Gasteiger partial charge in [0.15, 0.2) is 0 Å². The molecule has 2 aromatic rings. The maximum absolute atomic E-state index is 6.14. The summed E-state index contributed by atoms with van der Waals surface area (Å²) in [6.45, 7) is 5.07. The molecule has 0 bridgehead atoms. The van der Waals surface area contributed by atoms with Gasteiger partial charge in [-0.3, -0.25) is 4.68 Å². The minimum Gasteiger partial charge on any atom is -0.306 e. The van der Waals surface area contributed by atoms with Gasteiger partial charge in [0, 0.05) is 18.8 Å². The number of hydrogen-bond acceptors (Lipinski definition) is 2. The van der Waals surface area contributed by atoms with E-state index in [1.54, 1.807) is 0 Å². The molecule has 1 unspecified atom stereocenters. The van der Waals surface area contributed by atoms with E-state index in [1.807, 2.05) is 29.9 Å². The van der Waals surface area contributed by atoms with E-state index >= 15 is 0 Å². The summed E-state index contributed by atoms with van der Waals surface area (Å²) in [6.07, 6.45) is 2.97. The monoisotopic (exact) mass is 311 g/mol. The van der Waals surface area contributed by atoms with E-state index in [9.17, 15) is 0 Å². The zero-order valence-corrected chi connectivity index (χ0v) is 13.5. The molecule has 1 heterocycles. The number of halogens is 2. The quantitative estimate of drug-likeness (QED) is 0.905. The molecule has 0 saturated heterocycles. The highest BCUT2D eigenvalue weighted by Gasteiger charge is 2.19. The molecule has 108 valence electrons. The van der Waals surface area contributed by atoms with Gasteiger partial charge in [-0.05, 0) is 30.7 Å². The standard InChI is InChI=1S/C15H19Cl2N3/c1-4-14-11(9-20(3)19-14)15(18-5-2)10-6-7-12(16)13(17)8-10/h6-9,15,18H,4-5H2,1-3H3. The molecule has 0 saturated carbocycles. The number of nitrogens with one attached hydrogen (secondary N) is 1. The van der Waals surface area contributed by atoms with Crippen molar-refractivity contribution < 1.29 is 0 Å². The summed E-state index contributed by atoms with van der Waals surface area (Å²) in [4.78, 5) is 0. The van der Waals surface area contributed by atoms with Gasteiger partial charge in [0.1, 0.15) is 0 Å². The summed E-state index contributed by atoms with van der Waals surface area (Å²) in [6, 6.07) is 5.85. The van der Waals surface area contributed by atoms with Gasteiger partial charge in [0.2, 0.25) is 0 Å². The van der Waals surface area contributed by atoms with Crippen molar-refractivity contribution in [2.75, 3.05) is 6.54 Å². The van der Waals surface area contributed by atoms with Crippen LogP contribution in [0.4, 0.5) is 0 Å². The van der Waals surface area contributed by atoms with Gasteiger partial charge in [-0.1, -0.05) is 43.1 Å². The van der Waals surface area contributed by atoms with E-state index in [0.29, 0.717) is 10.0 Å². The first-order valence-corrected chi connectivity index (χ1v) is 7.53. The molecule has 3 nitrogen and oxygen atoms in total. The number of benzene rings is 1. The fraction of sp³-hybridized carbons (Fsp3) is 0.400. The number of hydrogen-bond donors (Lipinski definition) is 1. The molecule has 1 aromatic heterocycles. The van der Waals surface area contributed by atoms with Gasteiger partial charge in [-0.25, -0.2) is 0 Å². The number of nitrogens with zero attached hydrogens (tertiary/aromatic N) is 2. The summed E-state index contributed by atoms with van der Waals surface area (Å²) >= 11 is 12.1. The molecule has 1 N–H and O–H groups in total. The van der Waals surface area contributed by atoms with Crippen LogP contribution in [0, 0.1) is 0 Å². The zero-order chi connectivity index (χ0) is 14.7. The molecule has 1 atom stereocenters. The lowest BCUT2D eigenvalue weighted by molar-refractivity contribution is 0.625. The van der Waals surface area contributed by atoms with Crippen LogP contribution in [0.15, 0.2) is 24.4 Å². The van der Waals surface area contributed by atoms with Crippen molar-refractivity contribution in [1.82, 2.24) is 15.1 Å².